The van der Waals surface area contributed by atoms with Crippen LogP contribution in [0.3, 0.4) is 0 Å². The molecule has 0 fully saturated rings. The summed E-state index contributed by atoms with van der Waals surface area (Å²) in [5.74, 6) is -0.698. The van der Waals surface area contributed by atoms with Crippen molar-refractivity contribution in [2.24, 2.45) is 0 Å². The number of nitrogens with one attached hydrogen (secondary N) is 1. The number of halogens is 1. The van der Waals surface area contributed by atoms with Gasteiger partial charge in [-0.15, -0.1) is 0 Å². The molecule has 0 aromatic heterocycles. The minimum Gasteiger partial charge on any atom is -0.352 e. The Labute approximate surface area is 208 Å². The first-order valence-electron chi connectivity index (χ1n) is 11.4. The van der Waals surface area contributed by atoms with Crippen LogP contribution < -0.4 is 5.32 Å². The molecule has 7 nitrogen and oxygen atoms in total. The second-order valence-corrected chi connectivity index (χ2v) is 10.9. The quantitative estimate of drug-likeness (QED) is 0.498. The molecule has 34 heavy (non-hydrogen) atoms. The Bertz CT molecular complexity index is 1090. The number of rotatable bonds is 11. The highest BCUT2D eigenvalue weighted by Crippen LogP contribution is 2.20. The fourth-order valence-corrected chi connectivity index (χ4v) is 4.73. The minimum atomic E-state index is -3.91. The zero-order valence-corrected chi connectivity index (χ0v) is 22.0. The summed E-state index contributed by atoms with van der Waals surface area (Å²) in [6.45, 7) is 7.46. The third-order valence-electron chi connectivity index (χ3n) is 5.87. The first-order chi connectivity index (χ1) is 16.0. The van der Waals surface area contributed by atoms with Crippen LogP contribution in [-0.4, -0.2) is 55.1 Å². The highest BCUT2D eigenvalue weighted by Gasteiger charge is 2.32. The van der Waals surface area contributed by atoms with Gasteiger partial charge in [-0.25, -0.2) is 8.42 Å². The maximum atomic E-state index is 13.5. The van der Waals surface area contributed by atoms with Gasteiger partial charge in [0.2, 0.25) is 21.8 Å². The van der Waals surface area contributed by atoms with E-state index in [1.807, 2.05) is 52.0 Å². The van der Waals surface area contributed by atoms with Crippen LogP contribution in [0.25, 0.3) is 0 Å². The molecular weight excluding hydrogens is 474 g/mol. The third kappa shape index (κ3) is 7.04. The van der Waals surface area contributed by atoms with E-state index in [0.717, 1.165) is 21.9 Å². The third-order valence-corrected chi connectivity index (χ3v) is 7.94. The fourth-order valence-electron chi connectivity index (χ4n) is 3.48. The van der Waals surface area contributed by atoms with Crippen molar-refractivity contribution in [3.63, 3.8) is 0 Å². The summed E-state index contributed by atoms with van der Waals surface area (Å²) < 4.78 is 27.0. The molecule has 0 aliphatic heterocycles. The first kappa shape index (κ1) is 27.8. The second kappa shape index (κ2) is 12.3. The molecule has 0 saturated heterocycles. The summed E-state index contributed by atoms with van der Waals surface area (Å²) in [7, 11) is -2.56. The Kier molecular flexibility index (Phi) is 10.1. The number of aryl methyl sites for hydroxylation is 1. The van der Waals surface area contributed by atoms with Crippen LogP contribution in [0.4, 0.5) is 0 Å². The topological polar surface area (TPSA) is 86.8 Å². The van der Waals surface area contributed by atoms with E-state index in [2.05, 4.69) is 5.32 Å². The number of amides is 2. The number of likely N-dealkylation sites (N-methyl/N-ethyl adjacent to an activating group) is 1. The number of nitrogens with zero attached hydrogens (tertiary/aromatic N) is 2. The molecule has 1 N–H and O–H groups in total. The summed E-state index contributed by atoms with van der Waals surface area (Å²) in [5.41, 5.74) is 1.88. The maximum absolute atomic E-state index is 13.5. The molecule has 0 spiro atoms. The molecule has 0 aliphatic rings. The van der Waals surface area contributed by atoms with Crippen molar-refractivity contribution in [2.45, 2.75) is 64.1 Å². The van der Waals surface area contributed by atoms with E-state index in [-0.39, 0.29) is 23.4 Å². The lowest BCUT2D eigenvalue weighted by atomic mass is 10.1. The van der Waals surface area contributed by atoms with Gasteiger partial charge in [-0.1, -0.05) is 49.7 Å². The molecule has 2 rings (SSSR count). The fraction of sp³-hybridized carbons (Fsp3) is 0.440. The molecule has 2 aromatic carbocycles. The van der Waals surface area contributed by atoms with Crippen LogP contribution in [0.15, 0.2) is 53.4 Å². The van der Waals surface area contributed by atoms with Crippen molar-refractivity contribution < 1.29 is 18.0 Å². The number of hydrogen-bond acceptors (Lipinski definition) is 4. The van der Waals surface area contributed by atoms with E-state index < -0.39 is 28.5 Å². The zero-order valence-electron chi connectivity index (χ0n) is 20.4. The van der Waals surface area contributed by atoms with Gasteiger partial charge >= 0.3 is 0 Å². The van der Waals surface area contributed by atoms with Gasteiger partial charge in [0.05, 0.1) is 11.4 Å². The predicted octanol–water partition coefficient (Wildman–Crippen LogP) is 3.99. The number of hydrogen-bond donors (Lipinski definition) is 1. The molecular formula is C25H34ClN3O4S. The van der Waals surface area contributed by atoms with E-state index in [0.29, 0.717) is 11.4 Å². The Balaban J connectivity index is 2.34. The van der Waals surface area contributed by atoms with Gasteiger partial charge in [0.1, 0.15) is 6.04 Å². The van der Waals surface area contributed by atoms with Crippen LogP contribution in [0.2, 0.25) is 5.02 Å². The zero-order chi connectivity index (χ0) is 25.5. The molecule has 9 heteroatoms. The lowest BCUT2D eigenvalue weighted by Gasteiger charge is -2.33. The van der Waals surface area contributed by atoms with Gasteiger partial charge in [-0.3, -0.25) is 9.59 Å². The van der Waals surface area contributed by atoms with Crippen molar-refractivity contribution >= 4 is 33.4 Å². The minimum absolute atomic E-state index is 0.0371. The number of benzene rings is 2. The van der Waals surface area contributed by atoms with Gasteiger partial charge in [0, 0.05) is 24.7 Å². The largest absolute Gasteiger partial charge is 0.352 e. The average molecular weight is 508 g/mol. The maximum Gasteiger partial charge on any atom is 0.243 e. The highest BCUT2D eigenvalue weighted by molar-refractivity contribution is 7.89. The number of carbonyl (C=O) groups excluding carboxylic acids is 2. The average Bonchev–Trinajstić information content (AvgIpc) is 2.80. The molecule has 2 atom stereocenters. The Hall–Kier alpha value is -2.42. The van der Waals surface area contributed by atoms with Crippen molar-refractivity contribution in [2.75, 3.05) is 13.6 Å². The van der Waals surface area contributed by atoms with Crippen molar-refractivity contribution in [1.82, 2.24) is 14.5 Å². The van der Waals surface area contributed by atoms with Crippen molar-refractivity contribution in [1.29, 1.82) is 0 Å². The highest BCUT2D eigenvalue weighted by atomic mass is 35.5. The van der Waals surface area contributed by atoms with Crippen LogP contribution in [0.1, 0.15) is 44.7 Å². The van der Waals surface area contributed by atoms with E-state index in [1.165, 1.54) is 36.2 Å². The lowest BCUT2D eigenvalue weighted by Crippen LogP contribution is -2.53. The Morgan fingerprint density at radius 3 is 2.21 bits per heavy atom. The molecule has 2 aromatic rings. The van der Waals surface area contributed by atoms with Gasteiger partial charge in [0.25, 0.3) is 0 Å². The normalized spacial score (nSPS) is 13.4. The SMILES string of the molecule is CCC(C)NC(=O)C(CC)N(Cc1ccccc1C)C(=O)CN(C)S(=O)(=O)c1ccc(Cl)cc1. The Morgan fingerprint density at radius 2 is 1.65 bits per heavy atom. The smallest absolute Gasteiger partial charge is 0.243 e. The van der Waals surface area contributed by atoms with Gasteiger partial charge in [-0.2, -0.15) is 4.31 Å². The summed E-state index contributed by atoms with van der Waals surface area (Å²) >= 11 is 5.88. The summed E-state index contributed by atoms with van der Waals surface area (Å²) in [5, 5.41) is 3.37. The summed E-state index contributed by atoms with van der Waals surface area (Å²) in [6, 6.07) is 12.6. The second-order valence-electron chi connectivity index (χ2n) is 8.41. The molecule has 0 bridgehead atoms. The van der Waals surface area contributed by atoms with Crippen molar-refractivity contribution in [3.8, 4) is 0 Å². The van der Waals surface area contributed by atoms with Gasteiger partial charge in [0.15, 0.2) is 0 Å². The van der Waals surface area contributed by atoms with Gasteiger partial charge in [-0.05, 0) is 62.1 Å². The van der Waals surface area contributed by atoms with Gasteiger partial charge < -0.3 is 10.2 Å². The molecule has 0 saturated carbocycles. The first-order valence-corrected chi connectivity index (χ1v) is 13.2. The predicted molar refractivity (Wildman–Crippen MR) is 135 cm³/mol. The van der Waals surface area contributed by atoms with E-state index >= 15 is 0 Å². The number of sulfonamides is 1. The molecule has 0 heterocycles. The monoisotopic (exact) mass is 507 g/mol. The molecule has 2 amide bonds. The Morgan fingerprint density at radius 1 is 1.03 bits per heavy atom. The van der Waals surface area contributed by atoms with E-state index in [1.54, 1.807) is 0 Å². The molecule has 2 unspecified atom stereocenters. The van der Waals surface area contributed by atoms with E-state index in [9.17, 15) is 18.0 Å². The van der Waals surface area contributed by atoms with Crippen LogP contribution in [-0.2, 0) is 26.2 Å². The number of carbonyl (C=O) groups is 2. The standard InChI is InChI=1S/C25H34ClN3O4S/c1-6-19(4)27-25(31)23(7-2)29(16-20-11-9-8-10-18(20)3)24(30)17-28(5)34(32,33)22-14-12-21(26)13-15-22/h8-15,19,23H,6-7,16-17H2,1-5H3,(H,27,31). The lowest BCUT2D eigenvalue weighted by molar-refractivity contribution is -0.141. The summed E-state index contributed by atoms with van der Waals surface area (Å²) in [4.78, 5) is 28.1. The van der Waals surface area contributed by atoms with Crippen LogP contribution in [0, 0.1) is 6.92 Å². The molecule has 0 radical (unpaired) electrons. The van der Waals surface area contributed by atoms with Crippen molar-refractivity contribution in [3.05, 3.63) is 64.7 Å². The summed E-state index contributed by atoms with van der Waals surface area (Å²) in [6.07, 6.45) is 1.16. The molecule has 0 aliphatic carbocycles. The van der Waals surface area contributed by atoms with Crippen LogP contribution >= 0.6 is 11.6 Å². The van der Waals surface area contributed by atoms with E-state index in [4.69, 9.17) is 11.6 Å². The van der Waals surface area contributed by atoms with Crippen LogP contribution in [0.5, 0.6) is 0 Å². The molecule has 186 valence electrons.